The Hall–Kier alpha value is -2.71. The van der Waals surface area contributed by atoms with E-state index in [0.29, 0.717) is 16.2 Å². The van der Waals surface area contributed by atoms with Gasteiger partial charge in [-0.3, -0.25) is 10.6 Å². The number of benzene rings is 2. The second-order valence-electron chi connectivity index (χ2n) is 4.19. The van der Waals surface area contributed by atoms with Crippen LogP contribution in [-0.4, -0.2) is 16.1 Å². The number of nitrogens with zero attached hydrogens (tertiary/aromatic N) is 2. The van der Waals surface area contributed by atoms with Crippen molar-refractivity contribution in [2.45, 2.75) is 6.54 Å². The van der Waals surface area contributed by atoms with E-state index < -0.39 is 5.82 Å². The second-order valence-corrected chi connectivity index (χ2v) is 4.19. The van der Waals surface area contributed by atoms with Gasteiger partial charge in [-0.2, -0.15) is 5.26 Å². The largest absolute Gasteiger partial charge is 0.287 e. The van der Waals surface area contributed by atoms with E-state index in [1.807, 2.05) is 6.07 Å². The molecule has 20 heavy (non-hydrogen) atoms. The average Bonchev–Trinajstić information content (AvgIpc) is 2.48. The summed E-state index contributed by atoms with van der Waals surface area (Å²) in [5.41, 5.74) is 1.07. The van der Waals surface area contributed by atoms with Crippen molar-refractivity contribution in [3.63, 3.8) is 0 Å². The van der Waals surface area contributed by atoms with E-state index in [-0.39, 0.29) is 17.9 Å². The van der Waals surface area contributed by atoms with Gasteiger partial charge in [0.25, 0.3) is 0 Å². The molecule has 2 aromatic carbocycles. The van der Waals surface area contributed by atoms with Crippen molar-refractivity contribution < 1.29 is 9.60 Å². The van der Waals surface area contributed by atoms with Crippen molar-refractivity contribution in [1.82, 2.24) is 5.06 Å². The molecule has 0 radical (unpaired) electrons. The summed E-state index contributed by atoms with van der Waals surface area (Å²) in [4.78, 5) is 0. The van der Waals surface area contributed by atoms with Gasteiger partial charge in [0.15, 0.2) is 5.84 Å². The third-order valence-electron chi connectivity index (χ3n) is 2.80. The Morgan fingerprint density at radius 2 is 2.00 bits per heavy atom. The normalized spacial score (nSPS) is 9.85. The summed E-state index contributed by atoms with van der Waals surface area (Å²) in [7, 11) is 0. The predicted molar refractivity (Wildman–Crippen MR) is 71.7 cm³/mol. The number of nitrogens with one attached hydrogen (secondary N) is 1. The van der Waals surface area contributed by atoms with E-state index in [1.54, 1.807) is 30.3 Å². The molecule has 100 valence electrons. The topological polar surface area (TPSA) is 71.1 Å². The summed E-state index contributed by atoms with van der Waals surface area (Å²) in [6, 6.07) is 14.3. The van der Waals surface area contributed by atoms with Gasteiger partial charge in [-0.05, 0) is 18.2 Å². The molecule has 0 spiro atoms. The highest BCUT2D eigenvalue weighted by atomic mass is 19.1. The smallest absolute Gasteiger partial charge is 0.152 e. The first kappa shape index (κ1) is 13.7. The first-order valence-electron chi connectivity index (χ1n) is 5.90. The minimum absolute atomic E-state index is 0.137. The van der Waals surface area contributed by atoms with Crippen molar-refractivity contribution >= 4 is 5.84 Å². The zero-order chi connectivity index (χ0) is 14.5. The molecule has 4 nitrogen and oxygen atoms in total. The van der Waals surface area contributed by atoms with Gasteiger partial charge in [0, 0.05) is 11.1 Å². The molecule has 2 aromatic rings. The SMILES string of the molecule is N#Cc1cccc(C(=N)N(O)Cc2ccccc2F)c1. The Morgan fingerprint density at radius 1 is 1.25 bits per heavy atom. The van der Waals surface area contributed by atoms with Crippen molar-refractivity contribution in [2.75, 3.05) is 0 Å². The van der Waals surface area contributed by atoms with Crippen LogP contribution in [0.25, 0.3) is 0 Å². The summed E-state index contributed by atoms with van der Waals surface area (Å²) in [6.07, 6.45) is 0. The van der Waals surface area contributed by atoms with E-state index in [0.717, 1.165) is 0 Å². The Labute approximate surface area is 115 Å². The number of halogens is 1. The number of rotatable bonds is 3. The highest BCUT2D eigenvalue weighted by Crippen LogP contribution is 2.12. The molecular weight excluding hydrogens is 257 g/mol. The molecule has 5 heteroatoms. The van der Waals surface area contributed by atoms with Crippen LogP contribution in [0.5, 0.6) is 0 Å². The molecule has 0 aliphatic carbocycles. The minimum atomic E-state index is -0.440. The molecule has 0 fully saturated rings. The maximum absolute atomic E-state index is 13.5. The van der Waals surface area contributed by atoms with E-state index in [2.05, 4.69) is 0 Å². The monoisotopic (exact) mass is 269 g/mol. The van der Waals surface area contributed by atoms with Crippen LogP contribution in [0.3, 0.4) is 0 Å². The number of amidine groups is 1. The lowest BCUT2D eigenvalue weighted by Gasteiger charge is -2.18. The van der Waals surface area contributed by atoms with E-state index >= 15 is 0 Å². The van der Waals surface area contributed by atoms with Crippen molar-refractivity contribution in [3.8, 4) is 6.07 Å². The van der Waals surface area contributed by atoms with Crippen LogP contribution in [0.4, 0.5) is 4.39 Å². The highest BCUT2D eigenvalue weighted by Gasteiger charge is 2.12. The lowest BCUT2D eigenvalue weighted by molar-refractivity contribution is -0.0237. The van der Waals surface area contributed by atoms with Crippen molar-refractivity contribution in [1.29, 1.82) is 10.7 Å². The fourth-order valence-corrected chi connectivity index (χ4v) is 1.75. The Morgan fingerprint density at radius 3 is 2.70 bits per heavy atom. The molecule has 0 saturated carbocycles. The molecule has 0 amide bonds. The number of hydrogen-bond donors (Lipinski definition) is 2. The zero-order valence-corrected chi connectivity index (χ0v) is 10.5. The molecule has 0 bridgehead atoms. The quantitative estimate of drug-likeness (QED) is 0.511. The van der Waals surface area contributed by atoms with Crippen LogP contribution >= 0.6 is 0 Å². The lowest BCUT2D eigenvalue weighted by Crippen LogP contribution is -2.27. The van der Waals surface area contributed by atoms with Crippen LogP contribution < -0.4 is 0 Å². The lowest BCUT2D eigenvalue weighted by atomic mass is 10.1. The minimum Gasteiger partial charge on any atom is -0.287 e. The fraction of sp³-hybridized carbons (Fsp3) is 0.0667. The third kappa shape index (κ3) is 2.99. The maximum Gasteiger partial charge on any atom is 0.152 e. The third-order valence-corrected chi connectivity index (χ3v) is 2.80. The molecule has 0 unspecified atom stereocenters. The van der Waals surface area contributed by atoms with Crippen molar-refractivity contribution in [2.24, 2.45) is 0 Å². The van der Waals surface area contributed by atoms with Gasteiger partial charge >= 0.3 is 0 Å². The molecule has 0 atom stereocenters. The number of hydroxylamine groups is 2. The number of hydrogen-bond acceptors (Lipinski definition) is 3. The summed E-state index contributed by atoms with van der Waals surface area (Å²) in [5, 5.41) is 27.2. The summed E-state index contributed by atoms with van der Waals surface area (Å²) >= 11 is 0. The standard InChI is InChI=1S/C15H12FN3O/c16-14-7-2-1-5-13(14)10-19(20)15(18)12-6-3-4-11(8-12)9-17/h1-8,18,20H,10H2. The van der Waals surface area contributed by atoms with Gasteiger partial charge in [-0.25, -0.2) is 9.45 Å². The van der Waals surface area contributed by atoms with Crippen LogP contribution in [0, 0.1) is 22.6 Å². The Balaban J connectivity index is 2.17. The number of nitriles is 1. The molecule has 0 saturated heterocycles. The average molecular weight is 269 g/mol. The van der Waals surface area contributed by atoms with Gasteiger partial charge < -0.3 is 0 Å². The van der Waals surface area contributed by atoms with Gasteiger partial charge in [0.1, 0.15) is 5.82 Å². The van der Waals surface area contributed by atoms with Crippen LogP contribution in [0.15, 0.2) is 48.5 Å². The zero-order valence-electron chi connectivity index (χ0n) is 10.5. The van der Waals surface area contributed by atoms with Gasteiger partial charge in [0.2, 0.25) is 0 Å². The molecule has 2 N–H and O–H groups in total. The Kier molecular flexibility index (Phi) is 4.08. The van der Waals surface area contributed by atoms with Gasteiger partial charge in [0.05, 0.1) is 18.2 Å². The molecule has 0 aromatic heterocycles. The summed E-state index contributed by atoms with van der Waals surface area (Å²) in [6.45, 7) is -0.137. The van der Waals surface area contributed by atoms with E-state index in [9.17, 15) is 9.60 Å². The highest BCUT2D eigenvalue weighted by molar-refractivity contribution is 5.95. The fourth-order valence-electron chi connectivity index (χ4n) is 1.75. The summed E-state index contributed by atoms with van der Waals surface area (Å²) in [5.74, 6) is -0.629. The van der Waals surface area contributed by atoms with E-state index in [1.165, 1.54) is 18.2 Å². The van der Waals surface area contributed by atoms with Crippen molar-refractivity contribution in [3.05, 3.63) is 71.0 Å². The first-order chi connectivity index (χ1) is 9.61. The van der Waals surface area contributed by atoms with E-state index in [4.69, 9.17) is 10.7 Å². The van der Waals surface area contributed by atoms with Crippen LogP contribution in [0.2, 0.25) is 0 Å². The van der Waals surface area contributed by atoms with Gasteiger partial charge in [-0.15, -0.1) is 0 Å². The van der Waals surface area contributed by atoms with Crippen LogP contribution in [0.1, 0.15) is 16.7 Å². The molecule has 0 heterocycles. The second kappa shape index (κ2) is 5.95. The van der Waals surface area contributed by atoms with Gasteiger partial charge in [-0.1, -0.05) is 30.3 Å². The maximum atomic E-state index is 13.5. The molecular formula is C15H12FN3O. The first-order valence-corrected chi connectivity index (χ1v) is 5.90. The predicted octanol–water partition coefficient (Wildman–Crippen LogP) is 2.91. The molecule has 0 aliphatic heterocycles. The Bertz CT molecular complexity index is 679. The molecule has 0 aliphatic rings. The molecule has 2 rings (SSSR count). The summed E-state index contributed by atoms with van der Waals surface area (Å²) < 4.78 is 13.5. The van der Waals surface area contributed by atoms with Crippen LogP contribution in [-0.2, 0) is 6.54 Å².